The van der Waals surface area contributed by atoms with E-state index in [1.807, 2.05) is 48.7 Å². The molecule has 1 aliphatic heterocycles. The van der Waals surface area contributed by atoms with Gasteiger partial charge in [-0.05, 0) is 45.9 Å². The van der Waals surface area contributed by atoms with E-state index >= 15 is 0 Å². The number of hydrogen-bond acceptors (Lipinski definition) is 3. The topological polar surface area (TPSA) is 35.9 Å². The molecule has 0 fully saturated rings. The van der Waals surface area contributed by atoms with E-state index in [-0.39, 0.29) is 18.0 Å². The van der Waals surface area contributed by atoms with Gasteiger partial charge in [-0.2, -0.15) is 0 Å². The lowest BCUT2D eigenvalue weighted by molar-refractivity contribution is -0.115. The SMILES string of the molecule is CC(C)N(C=C1N=C(c2ccccc2)c2cc(Cl)ccc2N(C)C1=O)C(C)C. The first kappa shape index (κ1) is 20.2. The largest absolute Gasteiger partial charge is 0.371 e. The van der Waals surface area contributed by atoms with Crippen LogP contribution in [0.5, 0.6) is 0 Å². The molecule has 1 amide bonds. The molecule has 0 radical (unpaired) electrons. The van der Waals surface area contributed by atoms with Gasteiger partial charge in [0, 0.05) is 41.5 Å². The summed E-state index contributed by atoms with van der Waals surface area (Å²) in [7, 11) is 1.78. The van der Waals surface area contributed by atoms with E-state index < -0.39 is 0 Å². The predicted molar refractivity (Wildman–Crippen MR) is 117 cm³/mol. The summed E-state index contributed by atoms with van der Waals surface area (Å²) in [4.78, 5) is 21.9. The third kappa shape index (κ3) is 3.97. The van der Waals surface area contributed by atoms with Crippen molar-refractivity contribution < 1.29 is 4.79 Å². The number of halogens is 1. The molecular formula is C23H26ClN3O. The Bertz CT molecular complexity index is 924. The van der Waals surface area contributed by atoms with Crippen molar-refractivity contribution in [2.45, 2.75) is 39.8 Å². The number of benzene rings is 2. The van der Waals surface area contributed by atoms with Crippen LogP contribution in [-0.2, 0) is 4.79 Å². The third-order valence-electron chi connectivity index (χ3n) is 4.84. The number of benzodiazepines with no additional fused rings is 1. The maximum absolute atomic E-state index is 13.2. The molecule has 0 unspecified atom stereocenters. The van der Waals surface area contributed by atoms with Gasteiger partial charge in [-0.15, -0.1) is 0 Å². The van der Waals surface area contributed by atoms with Crippen molar-refractivity contribution in [3.8, 4) is 0 Å². The van der Waals surface area contributed by atoms with E-state index in [9.17, 15) is 4.79 Å². The van der Waals surface area contributed by atoms with E-state index in [1.165, 1.54) is 0 Å². The molecule has 0 N–H and O–H groups in total. The summed E-state index contributed by atoms with van der Waals surface area (Å²) >= 11 is 6.29. The lowest BCUT2D eigenvalue weighted by atomic mass is 10.0. The van der Waals surface area contributed by atoms with Crippen molar-refractivity contribution in [3.63, 3.8) is 0 Å². The zero-order chi connectivity index (χ0) is 20.4. The molecule has 2 aromatic rings. The van der Waals surface area contributed by atoms with Gasteiger partial charge in [-0.25, -0.2) is 4.99 Å². The van der Waals surface area contributed by atoms with E-state index in [0.717, 1.165) is 22.5 Å². The summed E-state index contributed by atoms with van der Waals surface area (Å²) in [5.74, 6) is -0.138. The molecule has 0 saturated heterocycles. The Morgan fingerprint density at radius 3 is 2.29 bits per heavy atom. The van der Waals surface area contributed by atoms with Crippen LogP contribution in [0.25, 0.3) is 0 Å². The van der Waals surface area contributed by atoms with Gasteiger partial charge in [0.15, 0.2) is 0 Å². The number of amides is 1. The summed E-state index contributed by atoms with van der Waals surface area (Å²) in [6, 6.07) is 16.0. The summed E-state index contributed by atoms with van der Waals surface area (Å²) in [6.07, 6.45) is 1.88. The van der Waals surface area contributed by atoms with Gasteiger partial charge in [0.1, 0.15) is 5.70 Å². The highest BCUT2D eigenvalue weighted by Gasteiger charge is 2.27. The lowest BCUT2D eigenvalue weighted by Gasteiger charge is -2.30. The standard InChI is InChI=1S/C23H26ClN3O/c1-15(2)27(16(3)4)14-20-23(28)26(5)21-12-11-18(24)13-19(21)22(25-20)17-9-7-6-8-10-17/h6-16H,1-5H3. The Balaban J connectivity index is 2.26. The molecule has 0 spiro atoms. The monoisotopic (exact) mass is 395 g/mol. The fraction of sp³-hybridized carbons (Fsp3) is 0.304. The lowest BCUT2D eigenvalue weighted by Crippen LogP contribution is -2.34. The van der Waals surface area contributed by atoms with Gasteiger partial charge in [0.05, 0.1) is 11.4 Å². The highest BCUT2D eigenvalue weighted by Crippen LogP contribution is 2.31. The number of anilines is 1. The molecule has 3 rings (SSSR count). The molecule has 1 aliphatic rings. The van der Waals surface area contributed by atoms with Crippen LogP contribution in [0.15, 0.2) is 65.4 Å². The molecule has 0 saturated carbocycles. The number of hydrogen-bond donors (Lipinski definition) is 0. The zero-order valence-electron chi connectivity index (χ0n) is 17.0. The van der Waals surface area contributed by atoms with E-state index in [4.69, 9.17) is 16.6 Å². The Morgan fingerprint density at radius 1 is 1.04 bits per heavy atom. The van der Waals surface area contributed by atoms with Crippen LogP contribution >= 0.6 is 11.6 Å². The molecule has 0 aliphatic carbocycles. The highest BCUT2D eigenvalue weighted by atomic mass is 35.5. The number of carbonyl (C=O) groups excluding carboxylic acids is 1. The second kappa shape index (κ2) is 8.19. The summed E-state index contributed by atoms with van der Waals surface area (Å²) in [6.45, 7) is 8.44. The Hall–Kier alpha value is -2.59. The van der Waals surface area contributed by atoms with Crippen LogP contribution in [0.2, 0.25) is 5.02 Å². The average Bonchev–Trinajstić information content (AvgIpc) is 2.76. The first-order chi connectivity index (χ1) is 13.3. The first-order valence-corrected chi connectivity index (χ1v) is 9.88. The third-order valence-corrected chi connectivity index (χ3v) is 5.08. The van der Waals surface area contributed by atoms with Crippen LogP contribution < -0.4 is 4.90 Å². The van der Waals surface area contributed by atoms with Crippen LogP contribution in [0.4, 0.5) is 5.69 Å². The summed E-state index contributed by atoms with van der Waals surface area (Å²) in [5.41, 5.74) is 3.74. The van der Waals surface area contributed by atoms with Crippen molar-refractivity contribution in [1.29, 1.82) is 0 Å². The zero-order valence-corrected chi connectivity index (χ0v) is 17.7. The van der Waals surface area contributed by atoms with Gasteiger partial charge in [0.2, 0.25) is 0 Å². The predicted octanol–water partition coefficient (Wildman–Crippen LogP) is 5.11. The second-order valence-electron chi connectivity index (χ2n) is 7.50. The van der Waals surface area contributed by atoms with Crippen LogP contribution in [0.1, 0.15) is 38.8 Å². The number of carbonyl (C=O) groups is 1. The van der Waals surface area contributed by atoms with E-state index in [1.54, 1.807) is 18.0 Å². The number of nitrogens with zero attached hydrogens (tertiary/aromatic N) is 3. The molecule has 2 aromatic carbocycles. The maximum atomic E-state index is 13.2. The fourth-order valence-corrected chi connectivity index (χ4v) is 3.61. The first-order valence-electron chi connectivity index (χ1n) is 9.51. The molecule has 1 heterocycles. The number of fused-ring (bicyclic) bond motifs is 1. The Morgan fingerprint density at radius 2 is 1.68 bits per heavy atom. The minimum atomic E-state index is -0.138. The van der Waals surface area contributed by atoms with Gasteiger partial charge >= 0.3 is 0 Å². The molecule has 28 heavy (non-hydrogen) atoms. The van der Waals surface area contributed by atoms with E-state index in [0.29, 0.717) is 10.7 Å². The van der Waals surface area contributed by atoms with E-state index in [2.05, 4.69) is 32.6 Å². The molecule has 0 bridgehead atoms. The molecule has 5 heteroatoms. The summed E-state index contributed by atoms with van der Waals surface area (Å²) < 4.78 is 0. The molecule has 0 atom stereocenters. The van der Waals surface area contributed by atoms with Crippen molar-refractivity contribution in [2.75, 3.05) is 11.9 Å². The smallest absolute Gasteiger partial charge is 0.278 e. The van der Waals surface area contributed by atoms with Crippen molar-refractivity contribution in [2.24, 2.45) is 4.99 Å². The number of aliphatic imine (C=N–C) groups is 1. The minimum absolute atomic E-state index is 0.138. The number of rotatable bonds is 4. The fourth-order valence-electron chi connectivity index (χ4n) is 3.44. The maximum Gasteiger partial charge on any atom is 0.278 e. The van der Waals surface area contributed by atoms with Crippen molar-refractivity contribution in [3.05, 3.63) is 76.6 Å². The van der Waals surface area contributed by atoms with Crippen LogP contribution in [0, 0.1) is 0 Å². The van der Waals surface area contributed by atoms with Crippen LogP contribution in [0.3, 0.4) is 0 Å². The van der Waals surface area contributed by atoms with Gasteiger partial charge < -0.3 is 9.80 Å². The Labute approximate surface area is 172 Å². The average molecular weight is 396 g/mol. The van der Waals surface area contributed by atoms with Crippen LogP contribution in [-0.4, -0.2) is 35.7 Å². The minimum Gasteiger partial charge on any atom is -0.371 e. The summed E-state index contributed by atoms with van der Waals surface area (Å²) in [5, 5.41) is 0.613. The normalized spacial score (nSPS) is 15.7. The van der Waals surface area contributed by atoms with Gasteiger partial charge in [-0.3, -0.25) is 4.79 Å². The van der Waals surface area contributed by atoms with Gasteiger partial charge in [-0.1, -0.05) is 41.9 Å². The second-order valence-corrected chi connectivity index (χ2v) is 7.94. The van der Waals surface area contributed by atoms with Gasteiger partial charge in [0.25, 0.3) is 5.91 Å². The number of likely N-dealkylation sites (N-methyl/N-ethyl adjacent to an activating group) is 1. The molecular weight excluding hydrogens is 370 g/mol. The van der Waals surface area contributed by atoms with Crippen molar-refractivity contribution >= 4 is 28.9 Å². The molecule has 4 nitrogen and oxygen atoms in total. The van der Waals surface area contributed by atoms with Crippen molar-refractivity contribution in [1.82, 2.24) is 4.90 Å². The molecule has 146 valence electrons. The quantitative estimate of drug-likeness (QED) is 0.674. The molecule has 0 aromatic heterocycles. The highest BCUT2D eigenvalue weighted by molar-refractivity contribution is 6.32. The Kier molecular flexibility index (Phi) is 5.90.